The van der Waals surface area contributed by atoms with E-state index in [-0.39, 0.29) is 5.69 Å². The van der Waals surface area contributed by atoms with Crippen LogP contribution in [0.25, 0.3) is 6.08 Å². The minimum absolute atomic E-state index is 0.0224. The van der Waals surface area contributed by atoms with E-state index in [9.17, 15) is 14.9 Å². The Bertz CT molecular complexity index is 707. The highest BCUT2D eigenvalue weighted by Gasteiger charge is 2.15. The van der Waals surface area contributed by atoms with Crippen molar-refractivity contribution in [1.82, 2.24) is 0 Å². The molecule has 0 radical (unpaired) electrons. The standard InChI is InChI=1S/C17H15NO5/c1-3-13-4-10-16(11-5-13)23-17(19)22-12(2)14-6-8-15(9-7-14)18(20)21/h3-12H,1H2,2H3. The number of nitro groups is 1. The number of hydrogen-bond acceptors (Lipinski definition) is 5. The molecule has 0 bridgehead atoms. The second kappa shape index (κ2) is 7.22. The first kappa shape index (κ1) is 16.2. The van der Waals surface area contributed by atoms with E-state index in [1.54, 1.807) is 37.3 Å². The summed E-state index contributed by atoms with van der Waals surface area (Å²) < 4.78 is 10.2. The Balaban J connectivity index is 1.95. The van der Waals surface area contributed by atoms with Gasteiger partial charge in [-0.25, -0.2) is 4.79 Å². The van der Waals surface area contributed by atoms with E-state index in [1.165, 1.54) is 24.3 Å². The van der Waals surface area contributed by atoms with E-state index in [1.807, 2.05) is 0 Å². The molecule has 0 saturated heterocycles. The van der Waals surface area contributed by atoms with Crippen molar-refractivity contribution in [2.24, 2.45) is 0 Å². The first-order valence-corrected chi connectivity index (χ1v) is 6.85. The summed E-state index contributed by atoms with van der Waals surface area (Å²) in [6.07, 6.45) is 0.247. The van der Waals surface area contributed by atoms with Gasteiger partial charge in [0.25, 0.3) is 5.69 Å². The number of carbonyl (C=O) groups excluding carboxylic acids is 1. The molecular formula is C17H15NO5. The van der Waals surface area contributed by atoms with Gasteiger partial charge in [-0.1, -0.05) is 24.8 Å². The van der Waals surface area contributed by atoms with Gasteiger partial charge in [0, 0.05) is 12.1 Å². The molecule has 0 aliphatic carbocycles. The van der Waals surface area contributed by atoms with Crippen molar-refractivity contribution < 1.29 is 19.2 Å². The van der Waals surface area contributed by atoms with E-state index < -0.39 is 17.2 Å². The van der Waals surface area contributed by atoms with Crippen molar-refractivity contribution in [3.63, 3.8) is 0 Å². The lowest BCUT2D eigenvalue weighted by molar-refractivity contribution is -0.384. The van der Waals surface area contributed by atoms with Gasteiger partial charge in [0.15, 0.2) is 0 Å². The Kier molecular flexibility index (Phi) is 5.09. The van der Waals surface area contributed by atoms with Crippen molar-refractivity contribution in [2.75, 3.05) is 0 Å². The van der Waals surface area contributed by atoms with Crippen LogP contribution in [0.3, 0.4) is 0 Å². The van der Waals surface area contributed by atoms with E-state index in [2.05, 4.69) is 6.58 Å². The molecule has 0 saturated carbocycles. The van der Waals surface area contributed by atoms with Crippen LogP contribution in [-0.2, 0) is 4.74 Å². The van der Waals surface area contributed by atoms with Crippen LogP contribution in [0.4, 0.5) is 10.5 Å². The van der Waals surface area contributed by atoms with Crippen molar-refractivity contribution in [2.45, 2.75) is 13.0 Å². The second-order valence-electron chi connectivity index (χ2n) is 4.73. The van der Waals surface area contributed by atoms with E-state index in [0.29, 0.717) is 11.3 Å². The zero-order valence-corrected chi connectivity index (χ0v) is 12.5. The van der Waals surface area contributed by atoms with Crippen molar-refractivity contribution in [3.8, 4) is 5.75 Å². The van der Waals surface area contributed by atoms with Crippen LogP contribution in [-0.4, -0.2) is 11.1 Å². The van der Waals surface area contributed by atoms with Gasteiger partial charge < -0.3 is 9.47 Å². The van der Waals surface area contributed by atoms with Gasteiger partial charge in [-0.05, 0) is 42.3 Å². The molecule has 0 amide bonds. The fraction of sp³-hybridized carbons (Fsp3) is 0.118. The van der Waals surface area contributed by atoms with Gasteiger partial charge in [0.05, 0.1) is 4.92 Å². The van der Waals surface area contributed by atoms with Gasteiger partial charge in [-0.3, -0.25) is 10.1 Å². The van der Waals surface area contributed by atoms with Gasteiger partial charge in [-0.2, -0.15) is 0 Å². The Morgan fingerprint density at radius 3 is 2.30 bits per heavy atom. The molecule has 118 valence electrons. The molecule has 2 aromatic rings. The molecule has 2 aromatic carbocycles. The molecule has 1 atom stereocenters. The topological polar surface area (TPSA) is 78.7 Å². The molecular weight excluding hydrogens is 298 g/mol. The molecule has 0 aliphatic rings. The number of ether oxygens (including phenoxy) is 2. The normalized spacial score (nSPS) is 11.3. The number of nitrogens with zero attached hydrogens (tertiary/aromatic N) is 1. The zero-order valence-electron chi connectivity index (χ0n) is 12.5. The zero-order chi connectivity index (χ0) is 16.8. The van der Waals surface area contributed by atoms with Crippen LogP contribution in [0, 0.1) is 10.1 Å². The van der Waals surface area contributed by atoms with Crippen molar-refractivity contribution in [3.05, 3.63) is 76.4 Å². The maximum Gasteiger partial charge on any atom is 0.514 e. The second-order valence-corrected chi connectivity index (χ2v) is 4.73. The lowest BCUT2D eigenvalue weighted by Crippen LogP contribution is -2.13. The maximum atomic E-state index is 11.8. The summed E-state index contributed by atoms with van der Waals surface area (Å²) in [6, 6.07) is 12.6. The largest absolute Gasteiger partial charge is 0.514 e. The minimum Gasteiger partial charge on any atom is -0.426 e. The molecule has 0 heterocycles. The van der Waals surface area contributed by atoms with Crippen LogP contribution >= 0.6 is 0 Å². The van der Waals surface area contributed by atoms with Gasteiger partial charge in [0.2, 0.25) is 0 Å². The molecule has 23 heavy (non-hydrogen) atoms. The third kappa shape index (κ3) is 4.41. The number of hydrogen-bond donors (Lipinski definition) is 0. The number of non-ortho nitro benzene ring substituents is 1. The third-order valence-electron chi connectivity index (χ3n) is 3.16. The van der Waals surface area contributed by atoms with Gasteiger partial charge in [-0.15, -0.1) is 0 Å². The molecule has 2 rings (SSSR count). The lowest BCUT2D eigenvalue weighted by atomic mass is 10.1. The minimum atomic E-state index is -0.845. The van der Waals surface area contributed by atoms with E-state index in [4.69, 9.17) is 9.47 Å². The summed E-state index contributed by atoms with van der Waals surface area (Å²) in [6.45, 7) is 5.29. The maximum absolute atomic E-state index is 11.8. The quantitative estimate of drug-likeness (QED) is 0.351. The summed E-state index contributed by atoms with van der Waals surface area (Å²) in [5.41, 5.74) is 1.52. The highest BCUT2D eigenvalue weighted by atomic mass is 16.7. The average molecular weight is 313 g/mol. The molecule has 0 fully saturated rings. The highest BCUT2D eigenvalue weighted by Crippen LogP contribution is 2.21. The van der Waals surface area contributed by atoms with Crippen molar-refractivity contribution in [1.29, 1.82) is 0 Å². The van der Waals surface area contributed by atoms with Crippen LogP contribution in [0.15, 0.2) is 55.1 Å². The Morgan fingerprint density at radius 1 is 1.17 bits per heavy atom. The average Bonchev–Trinajstić information content (AvgIpc) is 2.55. The SMILES string of the molecule is C=Cc1ccc(OC(=O)OC(C)c2ccc([N+](=O)[O-])cc2)cc1. The number of rotatable bonds is 5. The fourth-order valence-electron chi connectivity index (χ4n) is 1.87. The van der Waals surface area contributed by atoms with Gasteiger partial charge >= 0.3 is 6.16 Å². The molecule has 0 aromatic heterocycles. The Labute approximate surface area is 133 Å². The molecule has 6 heteroatoms. The molecule has 0 spiro atoms. The summed E-state index contributed by atoms with van der Waals surface area (Å²) >= 11 is 0. The third-order valence-corrected chi connectivity index (χ3v) is 3.16. The molecule has 0 aliphatic heterocycles. The predicted molar refractivity (Wildman–Crippen MR) is 85.2 cm³/mol. The van der Waals surface area contributed by atoms with Crippen LogP contribution in [0.1, 0.15) is 24.2 Å². The number of benzene rings is 2. The van der Waals surface area contributed by atoms with E-state index in [0.717, 1.165) is 5.56 Å². The van der Waals surface area contributed by atoms with Crippen LogP contribution in [0.5, 0.6) is 5.75 Å². The molecule has 6 nitrogen and oxygen atoms in total. The number of nitro benzene ring substituents is 1. The summed E-state index contributed by atoms with van der Waals surface area (Å²) in [5.74, 6) is 0.358. The molecule has 0 N–H and O–H groups in total. The lowest BCUT2D eigenvalue weighted by Gasteiger charge is -2.13. The summed E-state index contributed by atoms with van der Waals surface area (Å²) in [5, 5.41) is 10.6. The van der Waals surface area contributed by atoms with Crippen LogP contribution < -0.4 is 4.74 Å². The first-order valence-electron chi connectivity index (χ1n) is 6.85. The van der Waals surface area contributed by atoms with Gasteiger partial charge in [0.1, 0.15) is 11.9 Å². The summed E-state index contributed by atoms with van der Waals surface area (Å²) in [7, 11) is 0. The van der Waals surface area contributed by atoms with Crippen molar-refractivity contribution >= 4 is 17.9 Å². The summed E-state index contributed by atoms with van der Waals surface area (Å²) in [4.78, 5) is 21.9. The monoisotopic (exact) mass is 313 g/mol. The Morgan fingerprint density at radius 2 is 1.78 bits per heavy atom. The van der Waals surface area contributed by atoms with E-state index >= 15 is 0 Å². The first-order chi connectivity index (χ1) is 11.0. The predicted octanol–water partition coefficient (Wildman–Crippen LogP) is 4.51. The molecule has 1 unspecified atom stereocenters. The van der Waals surface area contributed by atoms with Crippen LogP contribution in [0.2, 0.25) is 0 Å². The highest BCUT2D eigenvalue weighted by molar-refractivity contribution is 5.64. The number of carbonyl (C=O) groups is 1. The fourth-order valence-corrected chi connectivity index (χ4v) is 1.87. The smallest absolute Gasteiger partial charge is 0.426 e. The Hall–Kier alpha value is -3.15.